The number of nitriles is 2. The number of hydrogen-bond donors (Lipinski definition) is 1. The van der Waals surface area contributed by atoms with E-state index in [1.807, 2.05) is 247 Å². The Morgan fingerprint density at radius 1 is 0.290 bits per heavy atom. The van der Waals surface area contributed by atoms with Gasteiger partial charge in [0.25, 0.3) is 0 Å². The second kappa shape index (κ2) is 31.7. The molecule has 0 unspecified atom stereocenters. The van der Waals surface area contributed by atoms with E-state index in [9.17, 15) is 19.0 Å². The third kappa shape index (κ3) is 13.1. The average Bonchev–Trinajstić information content (AvgIpc) is 1.53. The Bertz CT molecular complexity index is 9580. The molecule has 8 aromatic heterocycles. The fourth-order valence-corrected chi connectivity index (χ4v) is 18.4. The van der Waals surface area contributed by atoms with Gasteiger partial charge in [-0.3, -0.25) is 0 Å². The van der Waals surface area contributed by atoms with Crippen molar-refractivity contribution in [1.29, 1.82) is 10.5 Å². The molecular weight excluding hydrogens is 1610 g/mol. The van der Waals surface area contributed by atoms with E-state index in [2.05, 4.69) is 158 Å². The summed E-state index contributed by atoms with van der Waals surface area (Å²) < 4.78 is 88.8. The lowest BCUT2D eigenvalue weighted by Crippen LogP contribution is -2.02. The van der Waals surface area contributed by atoms with E-state index in [0.29, 0.717) is 50.4 Å². The van der Waals surface area contributed by atoms with Crippen molar-refractivity contribution in [3.63, 3.8) is 0 Å². The van der Waals surface area contributed by atoms with E-state index in [0.717, 1.165) is 93.1 Å². The molecule has 0 saturated carbocycles. The fourth-order valence-electron chi connectivity index (χ4n) is 18.4. The number of nitrogens with one attached hydrogen (secondary N) is 1. The van der Waals surface area contributed by atoms with Gasteiger partial charge >= 0.3 is 0 Å². The molecule has 0 aliphatic rings. The Morgan fingerprint density at radius 3 is 1.21 bits per heavy atom. The van der Waals surface area contributed by atoms with Crippen molar-refractivity contribution in [1.82, 2.24) is 48.6 Å². The van der Waals surface area contributed by atoms with Crippen molar-refractivity contribution >= 4 is 131 Å². The van der Waals surface area contributed by atoms with Crippen molar-refractivity contribution in [3.8, 4) is 120 Å². The van der Waals surface area contributed by atoms with Gasteiger partial charge in [0.1, 0.15) is 40.3 Å². The van der Waals surface area contributed by atoms with Crippen LogP contribution in [0.25, 0.3) is 239 Å². The maximum Gasteiger partial charge on any atom is 0.167 e. The molecule has 0 amide bonds. The Balaban J connectivity index is 0.000000125. The Morgan fingerprint density at radius 2 is 0.679 bits per heavy atom. The first-order valence-electron chi connectivity index (χ1n) is 45.7. The van der Waals surface area contributed by atoms with Gasteiger partial charge in [-0.25, -0.2) is 34.3 Å². The molecule has 612 valence electrons. The maximum absolute atomic E-state index is 14.7. The number of H-pyrrole nitrogens is 1. The van der Waals surface area contributed by atoms with E-state index < -0.39 is 29.5 Å². The fraction of sp³-hybridized carbons (Fsp3) is 0. The van der Waals surface area contributed by atoms with Crippen LogP contribution in [0.2, 0.25) is 0 Å². The predicted molar refractivity (Wildman–Crippen MR) is 526 cm³/mol. The lowest BCUT2D eigenvalue weighted by molar-refractivity contribution is 0.624. The second-order valence-electron chi connectivity index (χ2n) is 31.8. The molecule has 0 aliphatic carbocycles. The molecule has 18 aromatic carbocycles. The summed E-state index contributed by atoms with van der Waals surface area (Å²) in [7, 11) is 0. The minimum Gasteiger partial charge on any atom is -0.455 e. The van der Waals surface area contributed by atoms with E-state index in [1.165, 1.54) is 49.3 Å². The van der Waals surface area contributed by atoms with Crippen molar-refractivity contribution in [2.75, 3.05) is 0 Å². The standard InChI is InChI=1S/C58H34N6O.C34H19FN4O.C24H16N2/c59-35-40-34-39(29-31-48(40)64-49-26-10-7-21-42(49)44-30-32-51-53(54(44)64)46-23-8-11-27-50(46)63(51)41-19-5-2-6-20-41)57-60-56(38-18-13-17-37(33-38)36-15-3-1-4-16-36)61-58(62-57)47-25-14-24-45-43-22-9-12-28-52(43)65-55(45)47;35-29-17-16-24(19-25(29)20-36)33-37-32(23-11-6-10-22(18-23)21-8-2-1-3-9-21)38-34(39-33)28-14-7-13-27-26-12-4-5-15-30(26)40-31(27)28;1-2-8-16(9-3-1)26-21-13-7-5-11-19(21)23-22(26)15-14-18-17-10-4-6-12-20(17)25-24(18)23/h1-34H;1-19H;1-15,25H/i29D,31D,34D;16D,17D,19D;. The molecule has 14 nitrogen and oxygen atoms in total. The minimum atomic E-state index is -1.22. The topological polar surface area (TPSA) is 182 Å². The van der Waals surface area contributed by atoms with Crippen LogP contribution in [-0.2, 0) is 0 Å². The van der Waals surface area contributed by atoms with Crippen molar-refractivity contribution in [2.45, 2.75) is 0 Å². The number of para-hydroxylation sites is 10. The zero-order valence-electron chi connectivity index (χ0n) is 75.4. The molecule has 131 heavy (non-hydrogen) atoms. The predicted octanol–water partition coefficient (Wildman–Crippen LogP) is 29.4. The highest BCUT2D eigenvalue weighted by Crippen LogP contribution is 2.46. The lowest BCUT2D eigenvalue weighted by Gasteiger charge is -2.13. The maximum atomic E-state index is 14.7. The largest absolute Gasteiger partial charge is 0.455 e. The van der Waals surface area contributed by atoms with Crippen LogP contribution < -0.4 is 0 Å². The van der Waals surface area contributed by atoms with Crippen molar-refractivity contribution in [2.24, 2.45) is 0 Å². The molecule has 8 heterocycles. The Kier molecular flexibility index (Phi) is 17.0. The molecule has 0 aliphatic heterocycles. The molecule has 0 saturated heterocycles. The lowest BCUT2D eigenvalue weighted by atomic mass is 10.0. The molecule has 15 heteroatoms. The number of benzene rings is 18. The second-order valence-corrected chi connectivity index (χ2v) is 31.8. The molecule has 0 fully saturated rings. The normalized spacial score (nSPS) is 12.2. The van der Waals surface area contributed by atoms with Crippen LogP contribution in [0.4, 0.5) is 4.39 Å². The third-order valence-corrected chi connectivity index (χ3v) is 24.3. The highest BCUT2D eigenvalue weighted by Gasteiger charge is 2.27. The molecule has 0 bridgehead atoms. The average molecular weight is 1690 g/mol. The van der Waals surface area contributed by atoms with E-state index in [-0.39, 0.29) is 69.6 Å². The van der Waals surface area contributed by atoms with Gasteiger partial charge in [-0.05, 0) is 156 Å². The van der Waals surface area contributed by atoms with Crippen LogP contribution in [0.3, 0.4) is 0 Å². The van der Waals surface area contributed by atoms with Crippen LogP contribution >= 0.6 is 0 Å². The van der Waals surface area contributed by atoms with E-state index in [4.69, 9.17) is 32.9 Å². The summed E-state index contributed by atoms with van der Waals surface area (Å²) in [6.45, 7) is 0. The Labute approximate surface area is 756 Å². The van der Waals surface area contributed by atoms with Gasteiger partial charge in [-0.2, -0.15) is 10.5 Å². The van der Waals surface area contributed by atoms with E-state index >= 15 is 0 Å². The van der Waals surface area contributed by atoms with E-state index in [1.54, 1.807) is 12.1 Å². The number of aromatic amines is 1. The third-order valence-electron chi connectivity index (χ3n) is 24.3. The van der Waals surface area contributed by atoms with Gasteiger partial charge < -0.3 is 27.5 Å². The summed E-state index contributed by atoms with van der Waals surface area (Å²) in [6.07, 6.45) is 0. The number of halogens is 1. The monoisotopic (exact) mass is 1690 g/mol. The summed E-state index contributed by atoms with van der Waals surface area (Å²) in [5.74, 6) is -0.375. The molecular formula is C116H69FN12O2. The van der Waals surface area contributed by atoms with Gasteiger partial charge in [0.15, 0.2) is 34.9 Å². The van der Waals surface area contributed by atoms with Crippen LogP contribution in [0, 0.1) is 28.5 Å². The number of hydrogen-bond acceptors (Lipinski definition) is 10. The number of rotatable bonds is 11. The van der Waals surface area contributed by atoms with Crippen LogP contribution in [0.15, 0.2) is 421 Å². The molecule has 0 atom stereocenters. The first-order valence-corrected chi connectivity index (χ1v) is 42.7. The summed E-state index contributed by atoms with van der Waals surface area (Å²) in [5, 5.41) is 33.3. The SMILES string of the molecule is [2H]c1c([2H])c(-c2nc(-c3cccc(-c4ccccc4)c3)nc(-c3cccc4c3oc3ccccc34)n2)c([2H])c(C#N)c1F.[2H]c1c([2H])c(-n2c3ccccc3c3ccc4c(c5ccccc5n4-c4ccccc4)c32)c(C#N)c([2H])c1-c1nc(-c2cccc(-c3ccccc3)c2)nc(-c2cccc3c2oc2ccccc23)n1.c1ccc(-n2c3ccccc3c3c4[nH]c5ccccc5c4ccc32)cc1. The molecule has 26 rings (SSSR count). The summed E-state index contributed by atoms with van der Waals surface area (Å²) >= 11 is 0. The van der Waals surface area contributed by atoms with Gasteiger partial charge in [0.05, 0.1) is 74.8 Å². The number of fused-ring (bicyclic) bond motifs is 20. The van der Waals surface area contributed by atoms with Crippen LogP contribution in [0.5, 0.6) is 0 Å². The van der Waals surface area contributed by atoms with Gasteiger partial charge in [-0.15, -0.1) is 0 Å². The summed E-state index contributed by atoms with van der Waals surface area (Å²) in [6, 6.07) is 126. The summed E-state index contributed by atoms with van der Waals surface area (Å²) in [5.41, 5.74) is 18.5. The zero-order chi connectivity index (χ0) is 92.4. The minimum absolute atomic E-state index is 0.00896. The summed E-state index contributed by atoms with van der Waals surface area (Å²) in [4.78, 5) is 32.8. The van der Waals surface area contributed by atoms with Gasteiger partial charge in [-0.1, -0.05) is 279 Å². The van der Waals surface area contributed by atoms with Crippen molar-refractivity contribution < 1.29 is 21.4 Å². The first-order chi connectivity index (χ1) is 67.3. The first kappa shape index (κ1) is 70.0. The quantitative estimate of drug-likeness (QED) is 0.131. The number of nitrogens with zero attached hydrogens (tertiary/aromatic N) is 11. The van der Waals surface area contributed by atoms with Crippen molar-refractivity contribution in [3.05, 3.63) is 429 Å². The van der Waals surface area contributed by atoms with Crippen LogP contribution in [-0.4, -0.2) is 48.6 Å². The number of furan rings is 2. The molecule has 0 radical (unpaired) electrons. The smallest absolute Gasteiger partial charge is 0.167 e. The highest BCUT2D eigenvalue weighted by molar-refractivity contribution is 6.27. The van der Waals surface area contributed by atoms with Crippen LogP contribution in [0.1, 0.15) is 19.4 Å². The zero-order valence-corrected chi connectivity index (χ0v) is 69.4. The Hall–Kier alpha value is -18.3. The van der Waals surface area contributed by atoms with Gasteiger partial charge in [0, 0.05) is 104 Å². The molecule has 26 aromatic rings. The molecule has 0 spiro atoms. The highest BCUT2D eigenvalue weighted by atomic mass is 19.1. The van der Waals surface area contributed by atoms with Gasteiger partial charge in [0.2, 0.25) is 0 Å². The molecule has 1 N–H and O–H groups in total. The number of aromatic nitrogens is 10.